The summed E-state index contributed by atoms with van der Waals surface area (Å²) < 4.78 is 88.4. The van der Waals surface area contributed by atoms with Crippen molar-refractivity contribution in [1.82, 2.24) is 16.0 Å². The molecule has 0 heterocycles. The van der Waals surface area contributed by atoms with Crippen LogP contribution in [0.3, 0.4) is 0 Å². The van der Waals surface area contributed by atoms with Crippen LogP contribution in [0.4, 0.5) is 43.4 Å². The Hall–Kier alpha value is -6.36. The van der Waals surface area contributed by atoms with Crippen molar-refractivity contribution >= 4 is 65.6 Å². The Labute approximate surface area is 382 Å². The van der Waals surface area contributed by atoms with Crippen LogP contribution in [-0.2, 0) is 28.8 Å². The lowest BCUT2D eigenvalue weighted by Crippen LogP contribution is -2.29. The Balaban J connectivity index is -0.000000837. The Morgan fingerprint density at radius 2 is 0.908 bits per heavy atom. The van der Waals surface area contributed by atoms with Crippen molar-refractivity contribution in [3.05, 3.63) is 80.4 Å². The molecule has 3 N–H and O–H groups in total. The van der Waals surface area contributed by atoms with Gasteiger partial charge in [0.05, 0.1) is 17.7 Å². The number of aryl methyl sites for hydroxylation is 3. The van der Waals surface area contributed by atoms with E-state index in [2.05, 4.69) is 0 Å². The molecule has 0 aliphatic rings. The number of hydrogen-bond donors (Lipinski definition) is 3. The number of rotatable bonds is 16. The van der Waals surface area contributed by atoms with Crippen molar-refractivity contribution in [2.75, 3.05) is 62.6 Å². The number of benzene rings is 3. The molecule has 21 heteroatoms. The number of halogens is 7. The van der Waals surface area contributed by atoms with Crippen LogP contribution in [-0.4, -0.2) is 84.8 Å². The maximum atomic E-state index is 14.2. The van der Waals surface area contributed by atoms with Gasteiger partial charge < -0.3 is 19.4 Å². The summed E-state index contributed by atoms with van der Waals surface area (Å²) >= 11 is 5.72. The summed E-state index contributed by atoms with van der Waals surface area (Å²) in [5.74, 6) is -6.57. The van der Waals surface area contributed by atoms with E-state index in [-0.39, 0.29) is 97.1 Å². The number of nitrogens with one attached hydrogen (secondary N) is 3. The molecule has 0 spiro atoms. The second kappa shape index (κ2) is 34.1. The van der Waals surface area contributed by atoms with Gasteiger partial charge in [-0.25, -0.2) is 26.3 Å². The molecule has 14 nitrogen and oxygen atoms in total. The van der Waals surface area contributed by atoms with Crippen LogP contribution in [0.2, 0.25) is 5.02 Å². The predicted octanol–water partition coefficient (Wildman–Crippen LogP) is 7.73. The first kappa shape index (κ1) is 62.9. The predicted molar refractivity (Wildman–Crippen MR) is 240 cm³/mol. The van der Waals surface area contributed by atoms with Crippen molar-refractivity contribution in [3.63, 3.8) is 0 Å². The zero-order chi connectivity index (χ0) is 51.1. The highest BCUT2D eigenvalue weighted by Gasteiger charge is 2.23. The lowest BCUT2D eigenvalue weighted by Gasteiger charge is -2.22. The highest BCUT2D eigenvalue weighted by atomic mass is 35.5. The third kappa shape index (κ3) is 20.4. The van der Waals surface area contributed by atoms with Crippen LogP contribution in [0, 0.1) is 67.0 Å². The minimum absolute atomic E-state index is 0.00143. The smallest absolute Gasteiger partial charge is 0.228 e. The maximum Gasteiger partial charge on any atom is 0.228 e. The number of methoxy groups -OCH3 is 1. The number of carbonyl (C=O) groups excluding carboxylic acids is 6. The zero-order valence-corrected chi connectivity index (χ0v) is 39.8. The fourth-order valence-electron chi connectivity index (χ4n) is 5.13. The number of imide groups is 3. The molecule has 0 unspecified atom stereocenters. The van der Waals surface area contributed by atoms with Gasteiger partial charge in [-0.2, -0.15) is 5.26 Å². The Morgan fingerprint density at radius 3 is 1.23 bits per heavy atom. The Bertz CT molecular complexity index is 2070. The van der Waals surface area contributed by atoms with Gasteiger partial charge in [-0.3, -0.25) is 44.7 Å². The molecule has 0 aliphatic carbocycles. The molecule has 0 atom stereocenters. The first-order valence-electron chi connectivity index (χ1n) is 20.1. The number of ether oxygens (including phenoxy) is 1. The van der Waals surface area contributed by atoms with Gasteiger partial charge >= 0.3 is 0 Å². The summed E-state index contributed by atoms with van der Waals surface area (Å²) in [6.07, 6.45) is 0.516. The third-order valence-corrected chi connectivity index (χ3v) is 8.65. The van der Waals surface area contributed by atoms with Crippen molar-refractivity contribution in [2.24, 2.45) is 0 Å². The van der Waals surface area contributed by atoms with Crippen LogP contribution < -0.4 is 35.4 Å². The van der Waals surface area contributed by atoms with Gasteiger partial charge in [0.1, 0.15) is 40.6 Å². The van der Waals surface area contributed by atoms with E-state index in [1.165, 1.54) is 69.8 Å². The first-order valence-corrected chi connectivity index (χ1v) is 20.5. The second-order valence-corrected chi connectivity index (χ2v) is 12.8. The summed E-state index contributed by atoms with van der Waals surface area (Å²) in [7, 11) is 5.57. The molecule has 3 aromatic rings. The molecule has 0 aliphatic heterocycles. The molecule has 0 fully saturated rings. The van der Waals surface area contributed by atoms with Crippen molar-refractivity contribution < 1.29 is 59.8 Å². The lowest BCUT2D eigenvalue weighted by atomic mass is 10.1. The number of nitrogens with zero attached hydrogens (tertiary/aromatic N) is 4. The van der Waals surface area contributed by atoms with Gasteiger partial charge in [0.2, 0.25) is 37.0 Å². The molecule has 3 rings (SSSR count). The molecular formula is C44H60ClF6N7O7. The van der Waals surface area contributed by atoms with E-state index in [0.717, 1.165) is 12.1 Å². The van der Waals surface area contributed by atoms with E-state index in [4.69, 9.17) is 21.6 Å². The normalized spacial score (nSPS) is 9.34. The minimum Gasteiger partial charge on any atom is -0.493 e. The standard InChI is InChI=1S/C13H13F2N3O2.C13H16F2N2O3.C12H13ClF2N2O2.3C2H6/c1-8-5-10(14)13(12(15)9(8)6-16)18(2)4-3-11(20)17-7-19;1-8-6-9(14)12(11(15)13(8)20-3)17(2)5-4-10(19)16-7-18;1-7-5-8(14)12(11(15)10(7)13)17(2)4-3-9(19)16-6-18;3*1-2/h5,7H,3-4H2,1-2H3,(H,17,19,20);6-7H,4-5H2,1-3H3,(H,16,18,19);5-6H,3-4H2,1-2H3,(H,16,18,19);3*1-2H3. The van der Waals surface area contributed by atoms with E-state index < -0.39 is 52.6 Å². The molecule has 362 valence electrons. The summed E-state index contributed by atoms with van der Waals surface area (Å²) in [6.45, 7) is 16.6. The molecule has 0 saturated carbocycles. The highest BCUT2D eigenvalue weighted by Crippen LogP contribution is 2.34. The average molecular weight is 948 g/mol. The van der Waals surface area contributed by atoms with Crippen molar-refractivity contribution in [2.45, 2.75) is 81.6 Å². The number of nitriles is 1. The molecule has 0 bridgehead atoms. The maximum absolute atomic E-state index is 14.2. The third-order valence-electron chi connectivity index (χ3n) is 8.19. The molecule has 3 aromatic carbocycles. The SMILES string of the molecule is CC.CC.CC.COc1c(C)cc(F)c(N(C)CCC(=O)NC=O)c1F.Cc1cc(F)c(N(C)CCC(=O)NC=O)c(F)c1C#N.Cc1cc(F)c(N(C)CCC(=O)NC=O)c(F)c1Cl. The van der Waals surface area contributed by atoms with Gasteiger partial charge in [-0.05, 0) is 55.7 Å². The van der Waals surface area contributed by atoms with Crippen LogP contribution in [0.1, 0.15) is 83.1 Å². The number of hydrogen-bond acceptors (Lipinski definition) is 11. The Morgan fingerprint density at radius 1 is 0.600 bits per heavy atom. The highest BCUT2D eigenvalue weighted by molar-refractivity contribution is 6.31. The van der Waals surface area contributed by atoms with E-state index in [0.29, 0.717) is 11.1 Å². The topological polar surface area (TPSA) is 181 Å². The summed E-state index contributed by atoms with van der Waals surface area (Å²) in [6, 6.07) is 5.04. The van der Waals surface area contributed by atoms with Gasteiger partial charge in [0, 0.05) is 60.0 Å². The molecule has 6 amide bonds. The van der Waals surface area contributed by atoms with E-state index in [1.54, 1.807) is 6.07 Å². The molecule has 65 heavy (non-hydrogen) atoms. The summed E-state index contributed by atoms with van der Waals surface area (Å²) in [5, 5.41) is 14.5. The molecule has 0 saturated heterocycles. The zero-order valence-electron chi connectivity index (χ0n) is 39.0. The second-order valence-electron chi connectivity index (χ2n) is 12.4. The van der Waals surface area contributed by atoms with Gasteiger partial charge in [-0.1, -0.05) is 53.1 Å². The molecule has 0 aromatic heterocycles. The fraction of sp³-hybridized carbons (Fsp3) is 0.432. The molecular weight excluding hydrogens is 888 g/mol. The largest absolute Gasteiger partial charge is 0.493 e. The number of anilines is 3. The van der Waals surface area contributed by atoms with Crippen molar-refractivity contribution in [3.8, 4) is 11.8 Å². The van der Waals surface area contributed by atoms with Crippen LogP contribution in [0.5, 0.6) is 5.75 Å². The average Bonchev–Trinajstić information content (AvgIpc) is 3.26. The minimum atomic E-state index is -0.955. The quantitative estimate of drug-likeness (QED) is 0.0727. The summed E-state index contributed by atoms with van der Waals surface area (Å²) in [5.41, 5.74) is -0.318. The number of carbonyl (C=O) groups is 6. The fourth-order valence-corrected chi connectivity index (χ4v) is 5.28. The Kier molecular flexibility index (Phi) is 33.0. The molecule has 0 radical (unpaired) electrons. The van der Waals surface area contributed by atoms with E-state index >= 15 is 0 Å². The van der Waals surface area contributed by atoms with E-state index in [1.807, 2.05) is 57.5 Å². The van der Waals surface area contributed by atoms with Crippen LogP contribution >= 0.6 is 11.6 Å². The van der Waals surface area contributed by atoms with Gasteiger partial charge in [0.15, 0.2) is 23.2 Å². The summed E-state index contributed by atoms with van der Waals surface area (Å²) in [4.78, 5) is 67.2. The van der Waals surface area contributed by atoms with Crippen molar-refractivity contribution in [1.29, 1.82) is 5.26 Å². The van der Waals surface area contributed by atoms with Crippen LogP contribution in [0.25, 0.3) is 0 Å². The van der Waals surface area contributed by atoms with E-state index in [9.17, 15) is 55.1 Å². The van der Waals surface area contributed by atoms with Crippen LogP contribution in [0.15, 0.2) is 18.2 Å². The van der Waals surface area contributed by atoms with Gasteiger partial charge in [-0.15, -0.1) is 0 Å². The lowest BCUT2D eigenvalue weighted by molar-refractivity contribution is -0.126. The van der Waals surface area contributed by atoms with Gasteiger partial charge in [0.25, 0.3) is 0 Å². The number of amides is 6. The first-order chi connectivity index (χ1) is 30.7. The monoisotopic (exact) mass is 947 g/mol.